The fourth-order valence-corrected chi connectivity index (χ4v) is 2.49. The summed E-state index contributed by atoms with van der Waals surface area (Å²) in [5.41, 5.74) is 0.320. The smallest absolute Gasteiger partial charge is 0.133 e. The number of hydrogen-bond donors (Lipinski definition) is 0. The quantitative estimate of drug-likeness (QED) is 0.633. The van der Waals surface area contributed by atoms with Gasteiger partial charge in [0.1, 0.15) is 5.78 Å². The molecule has 1 atom stereocenters. The van der Waals surface area contributed by atoms with Gasteiger partial charge in [-0.1, -0.05) is 22.9 Å². The highest BCUT2D eigenvalue weighted by Crippen LogP contribution is 2.38. The topological polar surface area (TPSA) is 17.1 Å². The summed E-state index contributed by atoms with van der Waals surface area (Å²) in [6, 6.07) is 0. The molecule has 2 heteroatoms. The average Bonchev–Trinajstić information content (AvgIpc) is 2.12. The Morgan fingerprint density at radius 1 is 1.70 bits per heavy atom. The fourth-order valence-electron chi connectivity index (χ4n) is 1.54. The van der Waals surface area contributed by atoms with Crippen molar-refractivity contribution in [3.8, 4) is 0 Å². The van der Waals surface area contributed by atoms with E-state index in [0.717, 1.165) is 31.0 Å². The molecule has 1 fully saturated rings. The maximum Gasteiger partial charge on any atom is 0.133 e. The highest BCUT2D eigenvalue weighted by Gasteiger charge is 2.32. The Kier molecular flexibility index (Phi) is 2.50. The molecule has 1 nitrogen and oxygen atoms in total. The largest absolute Gasteiger partial charge is 0.300 e. The van der Waals surface area contributed by atoms with Gasteiger partial charge in [0.05, 0.1) is 0 Å². The normalized spacial score (nSPS) is 33.2. The standard InChI is InChI=1S/C8H13BrO/c1-8(4-5-9)3-2-7(10)6-8/h2-6H2,1H3. The second-order valence-corrected chi connectivity index (χ2v) is 4.26. The van der Waals surface area contributed by atoms with Crippen molar-refractivity contribution >= 4 is 21.7 Å². The van der Waals surface area contributed by atoms with E-state index >= 15 is 0 Å². The summed E-state index contributed by atoms with van der Waals surface area (Å²) in [7, 11) is 0. The van der Waals surface area contributed by atoms with E-state index in [0.29, 0.717) is 11.2 Å². The number of Topliss-reactive ketones (excluding diaryl/α,β-unsaturated/α-hetero) is 1. The van der Waals surface area contributed by atoms with Crippen LogP contribution < -0.4 is 0 Å². The molecular formula is C8H13BrO. The van der Waals surface area contributed by atoms with E-state index in [9.17, 15) is 4.79 Å². The highest BCUT2D eigenvalue weighted by atomic mass is 79.9. The summed E-state index contributed by atoms with van der Waals surface area (Å²) in [5, 5.41) is 1.02. The maximum atomic E-state index is 10.9. The lowest BCUT2D eigenvalue weighted by atomic mass is 9.86. The fraction of sp³-hybridized carbons (Fsp3) is 0.875. The third-order valence-corrected chi connectivity index (χ3v) is 2.73. The van der Waals surface area contributed by atoms with Gasteiger partial charge in [0.15, 0.2) is 0 Å². The molecule has 0 spiro atoms. The number of alkyl halides is 1. The Hall–Kier alpha value is 0.150. The van der Waals surface area contributed by atoms with Gasteiger partial charge in [-0.2, -0.15) is 0 Å². The Bertz CT molecular complexity index is 144. The van der Waals surface area contributed by atoms with E-state index < -0.39 is 0 Å². The molecule has 1 aliphatic carbocycles. The van der Waals surface area contributed by atoms with Crippen LogP contribution in [-0.4, -0.2) is 11.1 Å². The van der Waals surface area contributed by atoms with Crippen molar-refractivity contribution in [1.29, 1.82) is 0 Å². The zero-order valence-corrected chi connectivity index (χ0v) is 7.91. The number of ketones is 1. The van der Waals surface area contributed by atoms with Crippen molar-refractivity contribution in [1.82, 2.24) is 0 Å². The molecule has 0 N–H and O–H groups in total. The maximum absolute atomic E-state index is 10.9. The lowest BCUT2D eigenvalue weighted by Crippen LogP contribution is -2.12. The van der Waals surface area contributed by atoms with Gasteiger partial charge in [0.2, 0.25) is 0 Å². The van der Waals surface area contributed by atoms with Crippen LogP contribution >= 0.6 is 15.9 Å². The van der Waals surface area contributed by atoms with Crippen LogP contribution in [0.5, 0.6) is 0 Å². The molecule has 1 rings (SSSR count). The van der Waals surface area contributed by atoms with Gasteiger partial charge in [-0.15, -0.1) is 0 Å². The van der Waals surface area contributed by atoms with Crippen LogP contribution in [0, 0.1) is 5.41 Å². The Labute approximate surface area is 70.3 Å². The van der Waals surface area contributed by atoms with Gasteiger partial charge in [-0.3, -0.25) is 4.79 Å². The SMILES string of the molecule is CC1(CCBr)CCC(=O)C1. The molecule has 1 saturated carbocycles. The third kappa shape index (κ3) is 1.82. The minimum Gasteiger partial charge on any atom is -0.300 e. The summed E-state index contributed by atoms with van der Waals surface area (Å²) >= 11 is 3.40. The Balaban J connectivity index is 2.46. The molecule has 1 unspecified atom stereocenters. The first-order valence-electron chi connectivity index (χ1n) is 3.74. The Morgan fingerprint density at radius 2 is 2.40 bits per heavy atom. The number of carbonyl (C=O) groups excluding carboxylic acids is 1. The molecule has 0 aromatic heterocycles. The first-order valence-corrected chi connectivity index (χ1v) is 4.86. The van der Waals surface area contributed by atoms with Crippen molar-refractivity contribution in [3.05, 3.63) is 0 Å². The van der Waals surface area contributed by atoms with E-state index in [2.05, 4.69) is 22.9 Å². The average molecular weight is 205 g/mol. The first kappa shape index (κ1) is 8.25. The zero-order valence-electron chi connectivity index (χ0n) is 6.32. The molecule has 0 amide bonds. The highest BCUT2D eigenvalue weighted by molar-refractivity contribution is 9.09. The summed E-state index contributed by atoms with van der Waals surface area (Å²) in [6.45, 7) is 2.21. The minimum atomic E-state index is 0.320. The summed E-state index contributed by atoms with van der Waals surface area (Å²) in [5.74, 6) is 0.448. The van der Waals surface area contributed by atoms with Crippen molar-refractivity contribution in [2.45, 2.75) is 32.6 Å². The minimum absolute atomic E-state index is 0.320. The van der Waals surface area contributed by atoms with Crippen LogP contribution in [0.2, 0.25) is 0 Å². The number of carbonyl (C=O) groups is 1. The molecule has 0 radical (unpaired) electrons. The summed E-state index contributed by atoms with van der Waals surface area (Å²) in [4.78, 5) is 10.9. The van der Waals surface area contributed by atoms with Crippen molar-refractivity contribution < 1.29 is 4.79 Å². The van der Waals surface area contributed by atoms with Crippen LogP contribution in [-0.2, 0) is 4.79 Å². The van der Waals surface area contributed by atoms with E-state index in [1.807, 2.05) is 0 Å². The van der Waals surface area contributed by atoms with Crippen LogP contribution in [0.3, 0.4) is 0 Å². The van der Waals surface area contributed by atoms with Gasteiger partial charge in [0.25, 0.3) is 0 Å². The molecule has 10 heavy (non-hydrogen) atoms. The van der Waals surface area contributed by atoms with Crippen LogP contribution in [0.1, 0.15) is 32.6 Å². The molecular weight excluding hydrogens is 192 g/mol. The molecule has 0 aromatic rings. The second kappa shape index (κ2) is 3.04. The van der Waals surface area contributed by atoms with Gasteiger partial charge in [-0.05, 0) is 18.3 Å². The number of halogens is 1. The summed E-state index contributed by atoms with van der Waals surface area (Å²) < 4.78 is 0. The number of hydrogen-bond acceptors (Lipinski definition) is 1. The van der Waals surface area contributed by atoms with Crippen molar-refractivity contribution in [2.75, 3.05) is 5.33 Å². The van der Waals surface area contributed by atoms with Gasteiger partial charge >= 0.3 is 0 Å². The molecule has 0 aliphatic heterocycles. The van der Waals surface area contributed by atoms with Crippen molar-refractivity contribution in [3.63, 3.8) is 0 Å². The predicted octanol–water partition coefficient (Wildman–Crippen LogP) is 2.53. The monoisotopic (exact) mass is 204 g/mol. The lowest BCUT2D eigenvalue weighted by molar-refractivity contribution is -0.117. The van der Waals surface area contributed by atoms with Gasteiger partial charge < -0.3 is 0 Å². The van der Waals surface area contributed by atoms with E-state index in [1.54, 1.807) is 0 Å². The van der Waals surface area contributed by atoms with Crippen LogP contribution in [0.15, 0.2) is 0 Å². The lowest BCUT2D eigenvalue weighted by Gasteiger charge is -2.20. The predicted molar refractivity (Wildman–Crippen MR) is 45.4 cm³/mol. The van der Waals surface area contributed by atoms with E-state index in [-0.39, 0.29) is 0 Å². The molecule has 0 saturated heterocycles. The van der Waals surface area contributed by atoms with Crippen LogP contribution in [0.4, 0.5) is 0 Å². The molecule has 0 bridgehead atoms. The summed E-state index contributed by atoms with van der Waals surface area (Å²) in [6.07, 6.45) is 3.85. The van der Waals surface area contributed by atoms with E-state index in [1.165, 1.54) is 0 Å². The third-order valence-electron chi connectivity index (χ3n) is 2.33. The second-order valence-electron chi connectivity index (χ2n) is 3.47. The molecule has 1 aliphatic rings. The van der Waals surface area contributed by atoms with E-state index in [4.69, 9.17) is 0 Å². The van der Waals surface area contributed by atoms with Crippen molar-refractivity contribution in [2.24, 2.45) is 5.41 Å². The van der Waals surface area contributed by atoms with Gasteiger partial charge in [0, 0.05) is 18.2 Å². The first-order chi connectivity index (χ1) is 4.66. The molecule has 58 valence electrons. The molecule has 0 aromatic carbocycles. The zero-order chi connectivity index (χ0) is 7.61. The van der Waals surface area contributed by atoms with Crippen LogP contribution in [0.25, 0.3) is 0 Å². The number of rotatable bonds is 2. The van der Waals surface area contributed by atoms with Gasteiger partial charge in [-0.25, -0.2) is 0 Å². The molecule has 0 heterocycles. The Morgan fingerprint density at radius 3 is 2.80 bits per heavy atom.